The van der Waals surface area contributed by atoms with Crippen molar-refractivity contribution in [2.75, 3.05) is 26.3 Å². The van der Waals surface area contributed by atoms with Gasteiger partial charge in [0.15, 0.2) is 0 Å². The van der Waals surface area contributed by atoms with Crippen molar-refractivity contribution in [3.05, 3.63) is 48.5 Å². The Labute approximate surface area is 106 Å². The first kappa shape index (κ1) is 11.4. The van der Waals surface area contributed by atoms with Gasteiger partial charge >= 0.3 is 0 Å². The van der Waals surface area contributed by atoms with Gasteiger partial charge in [0.1, 0.15) is 18.8 Å². The largest absolute Gasteiger partial charge is 0.379 e. The molecule has 5 heteroatoms. The Balaban J connectivity index is 1.93. The van der Waals surface area contributed by atoms with Gasteiger partial charge in [-0.25, -0.2) is 9.67 Å². The van der Waals surface area contributed by atoms with E-state index in [1.807, 2.05) is 10.7 Å². The van der Waals surface area contributed by atoms with Crippen molar-refractivity contribution in [1.82, 2.24) is 19.7 Å². The summed E-state index contributed by atoms with van der Waals surface area (Å²) in [5.74, 6) is 0. The maximum Gasteiger partial charge on any atom is 0.137 e. The van der Waals surface area contributed by atoms with Gasteiger partial charge in [-0.2, -0.15) is 5.10 Å². The van der Waals surface area contributed by atoms with Crippen LogP contribution in [0.2, 0.25) is 0 Å². The molecule has 0 radical (unpaired) electrons. The average Bonchev–Trinajstić information content (AvgIpc) is 2.95. The summed E-state index contributed by atoms with van der Waals surface area (Å²) in [7, 11) is 0. The monoisotopic (exact) mass is 244 g/mol. The number of nitrogens with zero attached hydrogens (tertiary/aromatic N) is 4. The summed E-state index contributed by atoms with van der Waals surface area (Å²) in [4.78, 5) is 6.43. The third kappa shape index (κ3) is 2.27. The predicted molar refractivity (Wildman–Crippen MR) is 67.0 cm³/mol. The SMILES string of the molecule is c1ccc([C@@H](N2CCOCC2)n2cncn2)cc1. The normalized spacial score (nSPS) is 18.7. The molecule has 1 aliphatic heterocycles. The molecule has 0 N–H and O–H groups in total. The number of hydrogen-bond acceptors (Lipinski definition) is 4. The molecule has 0 spiro atoms. The smallest absolute Gasteiger partial charge is 0.137 e. The van der Waals surface area contributed by atoms with E-state index in [-0.39, 0.29) is 6.17 Å². The number of morpholine rings is 1. The molecule has 1 atom stereocenters. The van der Waals surface area contributed by atoms with Crippen LogP contribution in [0.5, 0.6) is 0 Å². The van der Waals surface area contributed by atoms with Crippen molar-refractivity contribution < 1.29 is 4.74 Å². The molecule has 0 unspecified atom stereocenters. The van der Waals surface area contributed by atoms with Crippen molar-refractivity contribution in [3.63, 3.8) is 0 Å². The molecule has 0 amide bonds. The fourth-order valence-corrected chi connectivity index (χ4v) is 2.32. The Hall–Kier alpha value is -1.72. The first-order valence-corrected chi connectivity index (χ1v) is 6.16. The van der Waals surface area contributed by atoms with Crippen LogP contribution in [0.25, 0.3) is 0 Å². The average molecular weight is 244 g/mol. The van der Waals surface area contributed by atoms with Crippen LogP contribution in [0, 0.1) is 0 Å². The van der Waals surface area contributed by atoms with Gasteiger partial charge in [0.05, 0.1) is 13.2 Å². The Bertz CT molecular complexity index is 465. The lowest BCUT2D eigenvalue weighted by Crippen LogP contribution is -2.42. The van der Waals surface area contributed by atoms with E-state index in [0.29, 0.717) is 0 Å². The molecule has 1 aromatic carbocycles. The summed E-state index contributed by atoms with van der Waals surface area (Å²) in [5, 5.41) is 4.29. The van der Waals surface area contributed by atoms with E-state index in [9.17, 15) is 0 Å². The van der Waals surface area contributed by atoms with E-state index < -0.39 is 0 Å². The molecular formula is C13H16N4O. The Kier molecular flexibility index (Phi) is 3.34. The van der Waals surface area contributed by atoms with Crippen molar-refractivity contribution in [1.29, 1.82) is 0 Å². The van der Waals surface area contributed by atoms with E-state index in [4.69, 9.17) is 4.74 Å². The second kappa shape index (κ2) is 5.29. The highest BCUT2D eigenvalue weighted by Gasteiger charge is 2.24. The molecule has 5 nitrogen and oxygen atoms in total. The molecule has 1 saturated heterocycles. The third-order valence-electron chi connectivity index (χ3n) is 3.18. The van der Waals surface area contributed by atoms with E-state index >= 15 is 0 Å². The van der Waals surface area contributed by atoms with Gasteiger partial charge in [-0.1, -0.05) is 30.3 Å². The van der Waals surface area contributed by atoms with Crippen molar-refractivity contribution in [2.24, 2.45) is 0 Å². The molecule has 0 saturated carbocycles. The highest BCUT2D eigenvalue weighted by atomic mass is 16.5. The first-order valence-electron chi connectivity index (χ1n) is 6.16. The van der Waals surface area contributed by atoms with Crippen molar-refractivity contribution in [3.8, 4) is 0 Å². The zero-order chi connectivity index (χ0) is 12.2. The lowest BCUT2D eigenvalue weighted by Gasteiger charge is -2.34. The fraction of sp³-hybridized carbons (Fsp3) is 0.385. The molecule has 0 aliphatic carbocycles. The lowest BCUT2D eigenvalue weighted by molar-refractivity contribution is 0.00642. The summed E-state index contributed by atoms with van der Waals surface area (Å²) >= 11 is 0. The third-order valence-corrected chi connectivity index (χ3v) is 3.18. The van der Waals surface area contributed by atoms with Gasteiger partial charge in [-0.3, -0.25) is 4.90 Å². The number of hydrogen-bond donors (Lipinski definition) is 0. The zero-order valence-corrected chi connectivity index (χ0v) is 10.1. The molecule has 1 aromatic heterocycles. The molecule has 1 fully saturated rings. The minimum atomic E-state index is 0.109. The van der Waals surface area contributed by atoms with E-state index in [1.54, 1.807) is 12.7 Å². The van der Waals surface area contributed by atoms with Crippen LogP contribution in [-0.2, 0) is 4.74 Å². The Morgan fingerprint density at radius 2 is 1.89 bits per heavy atom. The van der Waals surface area contributed by atoms with Gasteiger partial charge in [-0.05, 0) is 5.56 Å². The number of rotatable bonds is 3. The van der Waals surface area contributed by atoms with Gasteiger partial charge < -0.3 is 4.74 Å². The maximum atomic E-state index is 5.42. The van der Waals surface area contributed by atoms with Crippen LogP contribution >= 0.6 is 0 Å². The van der Waals surface area contributed by atoms with Gasteiger partial charge in [0.25, 0.3) is 0 Å². The molecule has 0 bridgehead atoms. The number of ether oxygens (including phenoxy) is 1. The molecule has 3 rings (SSSR count). The minimum Gasteiger partial charge on any atom is -0.379 e. The molecule has 94 valence electrons. The van der Waals surface area contributed by atoms with Crippen LogP contribution in [0.1, 0.15) is 11.7 Å². The summed E-state index contributed by atoms with van der Waals surface area (Å²) in [6, 6.07) is 10.4. The molecule has 2 aromatic rings. The van der Waals surface area contributed by atoms with E-state index in [1.165, 1.54) is 5.56 Å². The summed E-state index contributed by atoms with van der Waals surface area (Å²) in [6.45, 7) is 3.38. The maximum absolute atomic E-state index is 5.42. The molecule has 2 heterocycles. The highest BCUT2D eigenvalue weighted by Crippen LogP contribution is 2.22. The van der Waals surface area contributed by atoms with Crippen LogP contribution < -0.4 is 0 Å². The molecule has 1 aliphatic rings. The van der Waals surface area contributed by atoms with Crippen LogP contribution in [0.4, 0.5) is 0 Å². The van der Waals surface area contributed by atoms with Crippen LogP contribution in [0.15, 0.2) is 43.0 Å². The Morgan fingerprint density at radius 3 is 2.56 bits per heavy atom. The minimum absolute atomic E-state index is 0.109. The zero-order valence-electron chi connectivity index (χ0n) is 10.1. The predicted octanol–water partition coefficient (Wildman–Crippen LogP) is 1.16. The summed E-state index contributed by atoms with van der Waals surface area (Å²) in [5.41, 5.74) is 1.23. The quantitative estimate of drug-likeness (QED) is 0.812. The number of aromatic nitrogens is 3. The van der Waals surface area contributed by atoms with Crippen molar-refractivity contribution in [2.45, 2.75) is 6.17 Å². The first-order chi connectivity index (χ1) is 8.95. The standard InChI is InChI=1S/C13H16N4O/c1-2-4-12(5-3-1)13(17-11-14-10-15-17)16-6-8-18-9-7-16/h1-5,10-11,13H,6-9H2/t13-/m0/s1. The summed E-state index contributed by atoms with van der Waals surface area (Å²) < 4.78 is 7.32. The van der Waals surface area contributed by atoms with Gasteiger partial charge in [0.2, 0.25) is 0 Å². The second-order valence-corrected chi connectivity index (χ2v) is 4.31. The molecule has 18 heavy (non-hydrogen) atoms. The topological polar surface area (TPSA) is 43.2 Å². The van der Waals surface area contributed by atoms with E-state index in [0.717, 1.165) is 26.3 Å². The van der Waals surface area contributed by atoms with Crippen molar-refractivity contribution >= 4 is 0 Å². The van der Waals surface area contributed by atoms with Gasteiger partial charge in [0, 0.05) is 13.1 Å². The van der Waals surface area contributed by atoms with Crippen LogP contribution in [-0.4, -0.2) is 46.0 Å². The fourth-order valence-electron chi connectivity index (χ4n) is 2.32. The number of benzene rings is 1. The van der Waals surface area contributed by atoms with Gasteiger partial charge in [-0.15, -0.1) is 0 Å². The lowest BCUT2D eigenvalue weighted by atomic mass is 10.1. The molecular weight excluding hydrogens is 228 g/mol. The summed E-state index contributed by atoms with van der Waals surface area (Å²) in [6.07, 6.45) is 3.46. The second-order valence-electron chi connectivity index (χ2n) is 4.31. The highest BCUT2D eigenvalue weighted by molar-refractivity contribution is 5.19. The van der Waals surface area contributed by atoms with Crippen LogP contribution in [0.3, 0.4) is 0 Å². The Morgan fingerprint density at radius 1 is 1.11 bits per heavy atom. The van der Waals surface area contributed by atoms with E-state index in [2.05, 4.69) is 39.2 Å².